The molecule has 1 aliphatic rings. The van der Waals surface area contributed by atoms with Crippen molar-refractivity contribution in [1.29, 1.82) is 0 Å². The monoisotopic (exact) mass is 240 g/mol. The number of rotatable bonds is 3. The van der Waals surface area contributed by atoms with Gasteiger partial charge in [-0.2, -0.15) is 0 Å². The van der Waals surface area contributed by atoms with E-state index >= 15 is 0 Å². The van der Waals surface area contributed by atoms with Gasteiger partial charge in [-0.3, -0.25) is 0 Å². The minimum atomic E-state index is -0.847. The first-order valence-corrected chi connectivity index (χ1v) is 7.01. The molecule has 0 saturated heterocycles. The standard InChI is InChI=1S/C13H20O2S/c14-12(10-11-6-5-9-16-11)13(15)7-3-1-2-4-8-13/h5-6,9,12,14-15H,1-4,7-8,10H2. The minimum Gasteiger partial charge on any atom is -0.390 e. The summed E-state index contributed by atoms with van der Waals surface area (Å²) in [5.41, 5.74) is -0.847. The Hall–Kier alpha value is -0.380. The third-order valence-corrected chi connectivity index (χ3v) is 4.46. The van der Waals surface area contributed by atoms with Gasteiger partial charge in [-0.15, -0.1) is 11.3 Å². The SMILES string of the molecule is OC(Cc1cccs1)C1(O)CCCCCC1. The molecule has 0 radical (unpaired) electrons. The molecule has 16 heavy (non-hydrogen) atoms. The highest BCUT2D eigenvalue weighted by Crippen LogP contribution is 2.31. The summed E-state index contributed by atoms with van der Waals surface area (Å²) in [6.07, 6.45) is 5.94. The molecule has 90 valence electrons. The molecular formula is C13H20O2S. The molecular weight excluding hydrogens is 220 g/mol. The van der Waals surface area contributed by atoms with Gasteiger partial charge in [0.15, 0.2) is 0 Å². The zero-order valence-electron chi connectivity index (χ0n) is 9.56. The van der Waals surface area contributed by atoms with E-state index < -0.39 is 11.7 Å². The van der Waals surface area contributed by atoms with Crippen LogP contribution >= 0.6 is 11.3 Å². The largest absolute Gasteiger partial charge is 0.390 e. The van der Waals surface area contributed by atoms with Crippen LogP contribution in [0.25, 0.3) is 0 Å². The van der Waals surface area contributed by atoms with E-state index in [1.54, 1.807) is 11.3 Å². The molecule has 1 aromatic heterocycles. The van der Waals surface area contributed by atoms with E-state index in [1.807, 2.05) is 17.5 Å². The molecule has 0 bridgehead atoms. The van der Waals surface area contributed by atoms with Crippen molar-refractivity contribution in [2.24, 2.45) is 0 Å². The van der Waals surface area contributed by atoms with Crippen molar-refractivity contribution >= 4 is 11.3 Å². The molecule has 2 nitrogen and oxygen atoms in total. The third kappa shape index (κ3) is 2.84. The van der Waals surface area contributed by atoms with Gasteiger partial charge in [-0.25, -0.2) is 0 Å². The van der Waals surface area contributed by atoms with Gasteiger partial charge >= 0.3 is 0 Å². The van der Waals surface area contributed by atoms with Gasteiger partial charge in [0.05, 0.1) is 11.7 Å². The molecule has 1 aromatic rings. The number of thiophene rings is 1. The first-order chi connectivity index (χ1) is 7.71. The van der Waals surface area contributed by atoms with Crippen LogP contribution in [0.1, 0.15) is 43.4 Å². The maximum Gasteiger partial charge on any atom is 0.0909 e. The van der Waals surface area contributed by atoms with Gasteiger partial charge < -0.3 is 10.2 Å². The fourth-order valence-electron chi connectivity index (χ4n) is 2.48. The topological polar surface area (TPSA) is 40.5 Å². The second-order valence-corrected chi connectivity index (χ2v) is 5.85. The third-order valence-electron chi connectivity index (χ3n) is 3.56. The molecule has 0 amide bonds. The van der Waals surface area contributed by atoms with Crippen molar-refractivity contribution in [3.05, 3.63) is 22.4 Å². The minimum absolute atomic E-state index is 0.591. The highest BCUT2D eigenvalue weighted by atomic mass is 32.1. The molecule has 0 aliphatic heterocycles. The quantitative estimate of drug-likeness (QED) is 0.798. The Morgan fingerprint density at radius 1 is 1.25 bits per heavy atom. The van der Waals surface area contributed by atoms with E-state index in [2.05, 4.69) is 0 Å². The average molecular weight is 240 g/mol. The molecule has 2 rings (SSSR count). The van der Waals surface area contributed by atoms with E-state index in [0.717, 1.165) is 30.6 Å². The van der Waals surface area contributed by atoms with Gasteiger partial charge in [0, 0.05) is 11.3 Å². The van der Waals surface area contributed by atoms with Gasteiger partial charge in [0.25, 0.3) is 0 Å². The van der Waals surface area contributed by atoms with Crippen LogP contribution in [0.4, 0.5) is 0 Å². The van der Waals surface area contributed by atoms with Crippen LogP contribution in [0.2, 0.25) is 0 Å². The zero-order valence-corrected chi connectivity index (χ0v) is 10.4. The van der Waals surface area contributed by atoms with E-state index in [-0.39, 0.29) is 0 Å². The van der Waals surface area contributed by atoms with Crippen molar-refractivity contribution in [3.63, 3.8) is 0 Å². The van der Waals surface area contributed by atoms with Crippen LogP contribution in [0.5, 0.6) is 0 Å². The van der Waals surface area contributed by atoms with Crippen LogP contribution in [-0.2, 0) is 6.42 Å². The fourth-order valence-corrected chi connectivity index (χ4v) is 3.23. The van der Waals surface area contributed by atoms with Crippen LogP contribution < -0.4 is 0 Å². The van der Waals surface area contributed by atoms with Crippen molar-refractivity contribution in [3.8, 4) is 0 Å². The van der Waals surface area contributed by atoms with Crippen molar-refractivity contribution in [2.45, 2.75) is 56.7 Å². The lowest BCUT2D eigenvalue weighted by molar-refractivity contribution is -0.0833. The summed E-state index contributed by atoms with van der Waals surface area (Å²) in [4.78, 5) is 1.16. The molecule has 1 aliphatic carbocycles. The molecule has 0 spiro atoms. The van der Waals surface area contributed by atoms with Crippen LogP contribution in [0.15, 0.2) is 17.5 Å². The fraction of sp³-hybridized carbons (Fsp3) is 0.692. The summed E-state index contributed by atoms with van der Waals surface area (Å²) in [6, 6.07) is 4.01. The highest BCUT2D eigenvalue weighted by Gasteiger charge is 2.35. The van der Waals surface area contributed by atoms with Crippen molar-refractivity contribution in [2.75, 3.05) is 0 Å². The zero-order chi connectivity index (χ0) is 11.4. The molecule has 3 heteroatoms. The summed E-state index contributed by atoms with van der Waals surface area (Å²) in [6.45, 7) is 0. The predicted molar refractivity (Wildman–Crippen MR) is 66.7 cm³/mol. The molecule has 1 fully saturated rings. The summed E-state index contributed by atoms with van der Waals surface area (Å²) in [5, 5.41) is 22.7. The smallest absolute Gasteiger partial charge is 0.0909 e. The lowest BCUT2D eigenvalue weighted by atomic mass is 9.86. The van der Waals surface area contributed by atoms with Gasteiger partial charge in [0.2, 0.25) is 0 Å². The molecule has 0 aromatic carbocycles. The Kier molecular flexibility index (Phi) is 4.00. The summed E-state index contributed by atoms with van der Waals surface area (Å²) in [5.74, 6) is 0. The van der Waals surface area contributed by atoms with Crippen LogP contribution in [-0.4, -0.2) is 21.9 Å². The lowest BCUT2D eigenvalue weighted by Crippen LogP contribution is -2.43. The second-order valence-electron chi connectivity index (χ2n) is 4.82. The number of hydrogen-bond acceptors (Lipinski definition) is 3. The first kappa shape index (κ1) is 12.1. The lowest BCUT2D eigenvalue weighted by Gasteiger charge is -2.31. The summed E-state index contributed by atoms with van der Waals surface area (Å²) in [7, 11) is 0. The number of aliphatic hydroxyl groups is 2. The van der Waals surface area contributed by atoms with Crippen molar-refractivity contribution in [1.82, 2.24) is 0 Å². The van der Waals surface area contributed by atoms with E-state index in [1.165, 1.54) is 12.8 Å². The number of hydrogen-bond donors (Lipinski definition) is 2. The van der Waals surface area contributed by atoms with Crippen LogP contribution in [0, 0.1) is 0 Å². The van der Waals surface area contributed by atoms with E-state index in [0.29, 0.717) is 6.42 Å². The molecule has 1 atom stereocenters. The van der Waals surface area contributed by atoms with E-state index in [9.17, 15) is 10.2 Å². The predicted octanol–water partition coefficient (Wildman–Crippen LogP) is 2.74. The molecule has 2 N–H and O–H groups in total. The Morgan fingerprint density at radius 3 is 2.50 bits per heavy atom. The van der Waals surface area contributed by atoms with Gasteiger partial charge in [0.1, 0.15) is 0 Å². The Balaban J connectivity index is 1.98. The van der Waals surface area contributed by atoms with E-state index in [4.69, 9.17) is 0 Å². The maximum absolute atomic E-state index is 10.5. The van der Waals surface area contributed by atoms with Crippen molar-refractivity contribution < 1.29 is 10.2 Å². The Bertz CT molecular complexity index is 300. The second kappa shape index (κ2) is 5.30. The van der Waals surface area contributed by atoms with Gasteiger partial charge in [-0.05, 0) is 24.3 Å². The van der Waals surface area contributed by atoms with Crippen LogP contribution in [0.3, 0.4) is 0 Å². The molecule has 1 unspecified atom stereocenters. The first-order valence-electron chi connectivity index (χ1n) is 6.13. The average Bonchev–Trinajstić information content (AvgIpc) is 2.66. The molecule has 1 heterocycles. The normalized spacial score (nSPS) is 22.6. The maximum atomic E-state index is 10.5. The summed E-state index contributed by atoms with van der Waals surface area (Å²) < 4.78 is 0. The van der Waals surface area contributed by atoms with Gasteiger partial charge in [-0.1, -0.05) is 31.7 Å². The molecule has 1 saturated carbocycles. The Morgan fingerprint density at radius 2 is 1.94 bits per heavy atom. The number of aliphatic hydroxyl groups excluding tert-OH is 1. The highest BCUT2D eigenvalue weighted by molar-refractivity contribution is 7.09. The summed E-state index contributed by atoms with van der Waals surface area (Å²) >= 11 is 1.65. The Labute approximate surface area is 101 Å².